The van der Waals surface area contributed by atoms with Gasteiger partial charge < -0.3 is 9.47 Å². The molecule has 0 radical (unpaired) electrons. The summed E-state index contributed by atoms with van der Waals surface area (Å²) in [5.41, 5.74) is -0.517. The molecular formula is C25H35F3N4O5S. The maximum atomic E-state index is 13.5. The van der Waals surface area contributed by atoms with Crippen LogP contribution in [0.5, 0.6) is 5.75 Å². The Kier molecular flexibility index (Phi) is 9.15. The molecule has 1 amide bonds. The first-order valence-corrected chi connectivity index (χ1v) is 14.1. The van der Waals surface area contributed by atoms with Gasteiger partial charge in [-0.2, -0.15) is 18.2 Å². The number of halogens is 3. The highest BCUT2D eigenvalue weighted by atomic mass is 32.2. The maximum Gasteiger partial charge on any atom is 0.416 e. The zero-order valence-electron chi connectivity index (χ0n) is 22.3. The topological polar surface area (TPSA) is 104 Å². The number of carbonyl (C=O) groups excluding carboxylic acids is 1. The number of carbonyl (C=O) groups is 1. The standard InChI is InChI=1S/C25H35F3N4O5S/c1-6-38(34,35)29-11-13-37-20-10-9-17(25(26,27)28)14-19(20)23(33)30-22-15-21(24(2,3)4)31(5)32(22)16-18-8-7-12-36-18/h9-10,14-15,18,29H,6-8,11-13,16H2,1-5H3/b30-22+/t18-/m1/s1. The van der Waals surface area contributed by atoms with Crippen molar-refractivity contribution in [3.8, 4) is 5.75 Å². The Morgan fingerprint density at radius 2 is 1.95 bits per heavy atom. The molecular weight excluding hydrogens is 525 g/mol. The van der Waals surface area contributed by atoms with Crippen LogP contribution in [-0.2, 0) is 39.9 Å². The second-order valence-corrected chi connectivity index (χ2v) is 12.2. The summed E-state index contributed by atoms with van der Waals surface area (Å²) >= 11 is 0. The lowest BCUT2D eigenvalue weighted by atomic mass is 9.92. The molecule has 9 nitrogen and oxygen atoms in total. The number of alkyl halides is 3. The van der Waals surface area contributed by atoms with Gasteiger partial charge in [-0.05, 0) is 38.0 Å². The molecule has 3 rings (SSSR count). The monoisotopic (exact) mass is 560 g/mol. The molecule has 1 aromatic heterocycles. The number of amides is 1. The van der Waals surface area contributed by atoms with E-state index in [0.29, 0.717) is 19.2 Å². The van der Waals surface area contributed by atoms with Gasteiger partial charge in [0.05, 0.1) is 29.5 Å². The number of aromatic nitrogens is 2. The van der Waals surface area contributed by atoms with Crippen LogP contribution in [0.3, 0.4) is 0 Å². The first-order valence-electron chi connectivity index (χ1n) is 12.4. The van der Waals surface area contributed by atoms with Gasteiger partial charge in [0, 0.05) is 37.4 Å². The summed E-state index contributed by atoms with van der Waals surface area (Å²) in [6, 6.07) is 4.31. The van der Waals surface area contributed by atoms with Crippen molar-refractivity contribution in [3.05, 3.63) is 46.6 Å². The van der Waals surface area contributed by atoms with Crippen LogP contribution in [0.4, 0.5) is 13.2 Å². The van der Waals surface area contributed by atoms with Crippen LogP contribution in [0.15, 0.2) is 29.3 Å². The molecule has 0 spiro atoms. The van der Waals surface area contributed by atoms with E-state index in [0.717, 1.165) is 30.7 Å². The van der Waals surface area contributed by atoms with E-state index in [4.69, 9.17) is 9.47 Å². The first-order chi connectivity index (χ1) is 17.6. The zero-order chi connectivity index (χ0) is 28.3. The number of benzene rings is 1. The van der Waals surface area contributed by atoms with Crippen molar-refractivity contribution in [2.45, 2.75) is 64.8 Å². The Hall–Kier alpha value is -2.64. The molecule has 2 heterocycles. The number of rotatable bonds is 9. The molecule has 1 fully saturated rings. The van der Waals surface area contributed by atoms with Crippen molar-refractivity contribution in [3.63, 3.8) is 0 Å². The average molecular weight is 561 g/mol. The molecule has 0 saturated carbocycles. The highest BCUT2D eigenvalue weighted by molar-refractivity contribution is 7.89. The summed E-state index contributed by atoms with van der Waals surface area (Å²) in [6.45, 7) is 8.27. The Morgan fingerprint density at radius 3 is 2.53 bits per heavy atom. The maximum absolute atomic E-state index is 13.5. The van der Waals surface area contributed by atoms with Crippen molar-refractivity contribution in [1.29, 1.82) is 0 Å². The van der Waals surface area contributed by atoms with E-state index in [1.54, 1.807) is 10.7 Å². The normalized spacial score (nSPS) is 17.3. The van der Waals surface area contributed by atoms with E-state index < -0.39 is 27.7 Å². The van der Waals surface area contributed by atoms with Crippen LogP contribution >= 0.6 is 0 Å². The van der Waals surface area contributed by atoms with E-state index >= 15 is 0 Å². The molecule has 0 aliphatic carbocycles. The van der Waals surface area contributed by atoms with E-state index in [2.05, 4.69) is 9.71 Å². The molecule has 1 saturated heterocycles. The van der Waals surface area contributed by atoms with Gasteiger partial charge in [-0.25, -0.2) is 13.1 Å². The van der Waals surface area contributed by atoms with Crippen LogP contribution in [0, 0.1) is 0 Å². The second-order valence-electron chi connectivity index (χ2n) is 10.2. The summed E-state index contributed by atoms with van der Waals surface area (Å²) < 4.78 is 80.9. The lowest BCUT2D eigenvalue weighted by Crippen LogP contribution is -2.30. The fraction of sp³-hybridized carbons (Fsp3) is 0.600. The largest absolute Gasteiger partial charge is 0.491 e. The Labute approximate surface area is 220 Å². The van der Waals surface area contributed by atoms with Gasteiger partial charge >= 0.3 is 6.18 Å². The Bertz CT molecular complexity index is 1320. The molecule has 2 aromatic rings. The summed E-state index contributed by atoms with van der Waals surface area (Å²) in [5, 5.41) is 0. The van der Waals surface area contributed by atoms with E-state index in [1.807, 2.05) is 32.5 Å². The van der Waals surface area contributed by atoms with Gasteiger partial charge in [-0.3, -0.25) is 14.2 Å². The van der Waals surface area contributed by atoms with E-state index in [-0.39, 0.29) is 47.2 Å². The summed E-state index contributed by atoms with van der Waals surface area (Å²) in [5.74, 6) is -1.16. The second kappa shape index (κ2) is 11.6. The SMILES string of the molecule is CCS(=O)(=O)NCCOc1ccc(C(F)(F)F)cc1C(=O)/N=c1\cc(C(C)(C)C)n(C)n1C[C@H]1CCCO1. The molecule has 1 aromatic carbocycles. The molecule has 1 N–H and O–H groups in total. The molecule has 0 bridgehead atoms. The third-order valence-electron chi connectivity index (χ3n) is 6.23. The predicted octanol–water partition coefficient (Wildman–Crippen LogP) is 3.38. The molecule has 38 heavy (non-hydrogen) atoms. The zero-order valence-corrected chi connectivity index (χ0v) is 23.1. The lowest BCUT2D eigenvalue weighted by Gasteiger charge is -2.21. The van der Waals surface area contributed by atoms with Crippen LogP contribution in [0.25, 0.3) is 0 Å². The average Bonchev–Trinajstić information content (AvgIpc) is 3.45. The fourth-order valence-electron chi connectivity index (χ4n) is 4.19. The summed E-state index contributed by atoms with van der Waals surface area (Å²) in [4.78, 5) is 17.6. The highest BCUT2D eigenvalue weighted by Crippen LogP contribution is 2.33. The molecule has 1 aliphatic rings. The van der Waals surface area contributed by atoms with Gasteiger partial charge in [0.2, 0.25) is 10.0 Å². The quantitative estimate of drug-likeness (QED) is 0.474. The van der Waals surface area contributed by atoms with Crippen molar-refractivity contribution < 1.29 is 35.9 Å². The van der Waals surface area contributed by atoms with Gasteiger partial charge in [0.25, 0.3) is 5.91 Å². The Morgan fingerprint density at radius 1 is 1.24 bits per heavy atom. The van der Waals surface area contributed by atoms with Crippen LogP contribution in [0.2, 0.25) is 0 Å². The predicted molar refractivity (Wildman–Crippen MR) is 135 cm³/mol. The third-order valence-corrected chi connectivity index (χ3v) is 7.63. The van der Waals surface area contributed by atoms with Gasteiger partial charge in [-0.15, -0.1) is 0 Å². The minimum absolute atomic E-state index is 0.0650. The number of sulfonamides is 1. The molecule has 13 heteroatoms. The molecule has 0 unspecified atom stereocenters. The van der Waals surface area contributed by atoms with E-state index in [1.165, 1.54) is 6.92 Å². The van der Waals surface area contributed by atoms with Crippen LogP contribution in [-0.4, -0.2) is 55.3 Å². The number of hydrogen-bond donors (Lipinski definition) is 1. The van der Waals surface area contributed by atoms with Crippen LogP contribution < -0.4 is 14.9 Å². The number of nitrogens with zero attached hydrogens (tertiary/aromatic N) is 3. The number of nitrogens with one attached hydrogen (secondary N) is 1. The fourth-order valence-corrected chi connectivity index (χ4v) is 4.79. The third kappa shape index (κ3) is 7.48. The van der Waals surface area contributed by atoms with Crippen molar-refractivity contribution in [1.82, 2.24) is 14.1 Å². The van der Waals surface area contributed by atoms with Crippen molar-refractivity contribution in [2.24, 2.45) is 12.0 Å². The van der Waals surface area contributed by atoms with Gasteiger partial charge in [0.1, 0.15) is 12.4 Å². The summed E-state index contributed by atoms with van der Waals surface area (Å²) in [7, 11) is -1.63. The van der Waals surface area contributed by atoms with Crippen molar-refractivity contribution in [2.75, 3.05) is 25.5 Å². The van der Waals surface area contributed by atoms with Gasteiger partial charge in [-0.1, -0.05) is 20.8 Å². The van der Waals surface area contributed by atoms with Gasteiger partial charge in [0.15, 0.2) is 5.49 Å². The first kappa shape index (κ1) is 29.9. The molecule has 212 valence electrons. The smallest absolute Gasteiger partial charge is 0.416 e. The van der Waals surface area contributed by atoms with E-state index in [9.17, 15) is 26.4 Å². The summed E-state index contributed by atoms with van der Waals surface area (Å²) in [6.07, 6.45) is -2.98. The lowest BCUT2D eigenvalue weighted by molar-refractivity contribution is -0.137. The highest BCUT2D eigenvalue weighted by Gasteiger charge is 2.32. The van der Waals surface area contributed by atoms with Crippen molar-refractivity contribution >= 4 is 15.9 Å². The van der Waals surface area contributed by atoms with Crippen LogP contribution in [0.1, 0.15) is 62.2 Å². The number of ether oxygens (including phenoxy) is 2. The number of hydrogen-bond acceptors (Lipinski definition) is 5. The molecule has 1 atom stereocenters. The minimum Gasteiger partial charge on any atom is -0.491 e. The Balaban J connectivity index is 2.01. The minimum atomic E-state index is -4.68. The molecule has 1 aliphatic heterocycles.